The van der Waals surface area contributed by atoms with Gasteiger partial charge in [0.25, 0.3) is 5.56 Å². The Morgan fingerprint density at radius 3 is 2.26 bits per heavy atom. The summed E-state index contributed by atoms with van der Waals surface area (Å²) in [6, 6.07) is 20.6. The minimum absolute atomic E-state index is 0.276. The number of para-hydroxylation sites is 2. The topological polar surface area (TPSA) is 67.2 Å². The predicted molar refractivity (Wildman–Crippen MR) is 138 cm³/mol. The number of aromatic nitrogens is 4. The van der Waals surface area contributed by atoms with E-state index >= 15 is 0 Å². The largest absolute Gasteiger partial charge is 0.369 e. The minimum atomic E-state index is -0.276. The van der Waals surface area contributed by atoms with E-state index in [0.717, 1.165) is 50.6 Å². The standard InChI is InChI=1S/C26H28N6OS/c1-20-27-19-23-24(28-20)32(22-11-6-3-7-12-22)26(29-25(23)33)34-18-8-13-30-14-16-31(17-15-30)21-9-4-2-5-10-21/h2-7,9-12,19H,8,13-18H2,1H3. The molecule has 2 aromatic heterocycles. The number of hydrogen-bond donors (Lipinski definition) is 0. The number of anilines is 1. The molecule has 0 unspecified atom stereocenters. The highest BCUT2D eigenvalue weighted by Crippen LogP contribution is 2.24. The van der Waals surface area contributed by atoms with Gasteiger partial charge in [0.1, 0.15) is 11.2 Å². The van der Waals surface area contributed by atoms with E-state index in [-0.39, 0.29) is 5.56 Å². The summed E-state index contributed by atoms with van der Waals surface area (Å²) in [4.78, 5) is 30.9. The molecule has 0 N–H and O–H groups in total. The van der Waals surface area contributed by atoms with Crippen LogP contribution >= 0.6 is 11.8 Å². The Morgan fingerprint density at radius 1 is 0.882 bits per heavy atom. The molecule has 0 aliphatic carbocycles. The highest BCUT2D eigenvalue weighted by Gasteiger charge is 2.18. The summed E-state index contributed by atoms with van der Waals surface area (Å²) in [5, 5.41) is 1.12. The zero-order chi connectivity index (χ0) is 23.3. The van der Waals surface area contributed by atoms with Gasteiger partial charge in [-0.1, -0.05) is 48.2 Å². The summed E-state index contributed by atoms with van der Waals surface area (Å²) in [7, 11) is 0. The maximum Gasteiger partial charge on any atom is 0.284 e. The number of hydrogen-bond acceptors (Lipinski definition) is 7. The van der Waals surface area contributed by atoms with Crippen LogP contribution in [0.4, 0.5) is 5.69 Å². The molecule has 1 aliphatic heterocycles. The third kappa shape index (κ3) is 4.98. The Labute approximate surface area is 203 Å². The fraction of sp³-hybridized carbons (Fsp3) is 0.308. The highest BCUT2D eigenvalue weighted by molar-refractivity contribution is 7.99. The first-order valence-electron chi connectivity index (χ1n) is 11.7. The van der Waals surface area contributed by atoms with Crippen LogP contribution < -0.4 is 10.5 Å². The Hall–Kier alpha value is -3.23. The van der Waals surface area contributed by atoms with Gasteiger partial charge >= 0.3 is 0 Å². The summed E-state index contributed by atoms with van der Waals surface area (Å²) >= 11 is 1.62. The monoisotopic (exact) mass is 472 g/mol. The zero-order valence-electron chi connectivity index (χ0n) is 19.3. The Kier molecular flexibility index (Phi) is 6.87. The van der Waals surface area contributed by atoms with Crippen molar-refractivity contribution in [2.75, 3.05) is 43.4 Å². The molecule has 0 atom stereocenters. The van der Waals surface area contributed by atoms with E-state index in [1.165, 1.54) is 5.69 Å². The first kappa shape index (κ1) is 22.6. The van der Waals surface area contributed by atoms with E-state index in [1.54, 1.807) is 18.0 Å². The molecule has 0 bridgehead atoms. The molecule has 3 heterocycles. The van der Waals surface area contributed by atoms with Crippen molar-refractivity contribution in [3.63, 3.8) is 0 Å². The van der Waals surface area contributed by atoms with Gasteiger partial charge in [0.2, 0.25) is 0 Å². The lowest BCUT2D eigenvalue weighted by molar-refractivity contribution is 0.259. The Morgan fingerprint density at radius 2 is 1.56 bits per heavy atom. The van der Waals surface area contributed by atoms with Crippen molar-refractivity contribution in [3.05, 3.63) is 83.0 Å². The number of rotatable bonds is 7. The summed E-state index contributed by atoms with van der Waals surface area (Å²) in [6.45, 7) is 7.12. The fourth-order valence-electron chi connectivity index (χ4n) is 4.29. The molecule has 1 fully saturated rings. The molecular weight excluding hydrogens is 444 g/mol. The van der Waals surface area contributed by atoms with Crippen LogP contribution in [0.2, 0.25) is 0 Å². The maximum absolute atomic E-state index is 12.7. The van der Waals surface area contributed by atoms with Gasteiger partial charge in [-0.3, -0.25) is 14.3 Å². The zero-order valence-corrected chi connectivity index (χ0v) is 20.1. The van der Waals surface area contributed by atoms with Crippen LogP contribution in [-0.4, -0.2) is 62.9 Å². The van der Waals surface area contributed by atoms with E-state index in [1.807, 2.05) is 41.8 Å². The molecule has 1 saturated heterocycles. The van der Waals surface area contributed by atoms with E-state index in [9.17, 15) is 4.79 Å². The van der Waals surface area contributed by atoms with Gasteiger partial charge in [-0.05, 0) is 44.2 Å². The molecular formula is C26H28N6OS. The predicted octanol–water partition coefficient (Wildman–Crippen LogP) is 3.79. The van der Waals surface area contributed by atoms with Gasteiger partial charge in [0.15, 0.2) is 10.8 Å². The van der Waals surface area contributed by atoms with Gasteiger partial charge < -0.3 is 4.90 Å². The number of benzene rings is 2. The second-order valence-electron chi connectivity index (χ2n) is 8.39. The average Bonchev–Trinajstić information content (AvgIpc) is 2.88. The molecule has 1 aliphatic rings. The fourth-order valence-corrected chi connectivity index (χ4v) is 5.22. The van der Waals surface area contributed by atoms with Crippen molar-refractivity contribution in [1.29, 1.82) is 0 Å². The molecule has 8 heteroatoms. The minimum Gasteiger partial charge on any atom is -0.369 e. The molecule has 4 aromatic rings. The van der Waals surface area contributed by atoms with E-state index in [0.29, 0.717) is 22.0 Å². The van der Waals surface area contributed by atoms with Crippen molar-refractivity contribution >= 4 is 28.5 Å². The Bertz CT molecular complexity index is 1300. The molecule has 5 rings (SSSR count). The molecule has 0 saturated carbocycles. The van der Waals surface area contributed by atoms with Crippen LogP contribution in [0.1, 0.15) is 12.2 Å². The molecule has 0 spiro atoms. The number of nitrogens with zero attached hydrogens (tertiary/aromatic N) is 6. The molecule has 34 heavy (non-hydrogen) atoms. The van der Waals surface area contributed by atoms with Crippen LogP contribution in [-0.2, 0) is 0 Å². The summed E-state index contributed by atoms with van der Waals surface area (Å²) in [5.41, 5.74) is 2.58. The summed E-state index contributed by atoms with van der Waals surface area (Å²) < 4.78 is 1.98. The third-order valence-corrected chi connectivity index (χ3v) is 7.10. The van der Waals surface area contributed by atoms with Crippen molar-refractivity contribution in [3.8, 4) is 5.69 Å². The van der Waals surface area contributed by atoms with E-state index < -0.39 is 0 Å². The summed E-state index contributed by atoms with van der Waals surface area (Å²) in [6.07, 6.45) is 2.61. The van der Waals surface area contributed by atoms with Crippen LogP contribution in [0.3, 0.4) is 0 Å². The SMILES string of the molecule is Cc1ncc2c(=O)nc(SCCCN3CCN(c4ccccc4)CC3)n(-c3ccccc3)c2n1. The van der Waals surface area contributed by atoms with Crippen molar-refractivity contribution < 1.29 is 0 Å². The quantitative estimate of drug-likeness (QED) is 0.230. The summed E-state index contributed by atoms with van der Waals surface area (Å²) in [5.74, 6) is 1.52. The lowest BCUT2D eigenvalue weighted by atomic mass is 10.2. The molecule has 2 aromatic carbocycles. The van der Waals surface area contributed by atoms with Crippen LogP contribution in [0.25, 0.3) is 16.7 Å². The van der Waals surface area contributed by atoms with Crippen molar-refractivity contribution in [2.45, 2.75) is 18.5 Å². The van der Waals surface area contributed by atoms with E-state index in [4.69, 9.17) is 0 Å². The lowest BCUT2D eigenvalue weighted by Crippen LogP contribution is -2.46. The molecule has 0 radical (unpaired) electrons. The molecule has 174 valence electrons. The average molecular weight is 473 g/mol. The molecule has 0 amide bonds. The number of aryl methyl sites for hydroxylation is 1. The lowest BCUT2D eigenvalue weighted by Gasteiger charge is -2.36. The van der Waals surface area contributed by atoms with Crippen LogP contribution in [0.5, 0.6) is 0 Å². The smallest absolute Gasteiger partial charge is 0.284 e. The number of fused-ring (bicyclic) bond motifs is 1. The third-order valence-electron chi connectivity index (χ3n) is 6.08. The van der Waals surface area contributed by atoms with Crippen LogP contribution in [0.15, 0.2) is 76.8 Å². The van der Waals surface area contributed by atoms with Crippen molar-refractivity contribution in [1.82, 2.24) is 24.4 Å². The van der Waals surface area contributed by atoms with Gasteiger partial charge in [-0.25, -0.2) is 9.97 Å². The van der Waals surface area contributed by atoms with Gasteiger partial charge in [0.05, 0.1) is 0 Å². The second kappa shape index (κ2) is 10.4. The maximum atomic E-state index is 12.7. The number of piperazine rings is 1. The highest BCUT2D eigenvalue weighted by atomic mass is 32.2. The second-order valence-corrected chi connectivity index (χ2v) is 9.45. The van der Waals surface area contributed by atoms with Crippen molar-refractivity contribution in [2.24, 2.45) is 0 Å². The normalized spacial score (nSPS) is 14.6. The van der Waals surface area contributed by atoms with Gasteiger partial charge in [-0.2, -0.15) is 4.98 Å². The van der Waals surface area contributed by atoms with Crippen LogP contribution in [0, 0.1) is 6.92 Å². The molecule has 7 nitrogen and oxygen atoms in total. The van der Waals surface area contributed by atoms with Gasteiger partial charge in [0, 0.05) is 49.5 Å². The van der Waals surface area contributed by atoms with E-state index in [2.05, 4.69) is 55.1 Å². The first-order valence-corrected chi connectivity index (χ1v) is 12.6. The Balaban J connectivity index is 1.25. The number of thioether (sulfide) groups is 1. The van der Waals surface area contributed by atoms with Gasteiger partial charge in [-0.15, -0.1) is 0 Å². The first-order chi connectivity index (χ1) is 16.7.